The monoisotopic (exact) mass is 335 g/mol. The summed E-state index contributed by atoms with van der Waals surface area (Å²) in [6.45, 7) is 5.20. The Bertz CT molecular complexity index is 577. The van der Waals surface area contributed by atoms with Crippen molar-refractivity contribution in [2.75, 3.05) is 32.9 Å². The number of carbonyl (C=O) groups excluding carboxylic acids is 2. The molecule has 0 saturated carbocycles. The van der Waals surface area contributed by atoms with Crippen LogP contribution in [0.3, 0.4) is 0 Å². The zero-order valence-corrected chi connectivity index (χ0v) is 15.0. The Labute approximate surface area is 142 Å². The van der Waals surface area contributed by atoms with Gasteiger partial charge in [0.15, 0.2) is 0 Å². The molecule has 1 aliphatic rings. The number of hydrogen-bond donors (Lipinski definition) is 1. The highest BCUT2D eigenvalue weighted by Gasteiger charge is 2.38. The molecule has 1 N–H and O–H groups in total. The van der Waals surface area contributed by atoms with Gasteiger partial charge < -0.3 is 15.1 Å². The molecule has 1 aliphatic heterocycles. The van der Waals surface area contributed by atoms with Gasteiger partial charge in [0.1, 0.15) is 11.4 Å². The fourth-order valence-electron chi connectivity index (χ4n) is 2.61. The van der Waals surface area contributed by atoms with Crippen LogP contribution in [0.25, 0.3) is 0 Å². The standard InChI is InChI=1S/C17H25N3O2S/c1-12-6-5-7-14(10-12)17-20(15(21)11-23-17)13(2)16(22)18-8-9-19(3)4/h5-7,10,13,17H,8-9,11H2,1-4H3,(H,18,22)/t13-,17+/m1/s1. The predicted molar refractivity (Wildman–Crippen MR) is 94.2 cm³/mol. The first-order valence-corrected chi connectivity index (χ1v) is 8.87. The summed E-state index contributed by atoms with van der Waals surface area (Å²) in [6, 6.07) is 7.67. The lowest BCUT2D eigenvalue weighted by Gasteiger charge is -2.30. The zero-order chi connectivity index (χ0) is 17.0. The molecular formula is C17H25N3O2S. The molecule has 1 fully saturated rings. The van der Waals surface area contributed by atoms with Crippen LogP contribution in [0, 0.1) is 6.92 Å². The summed E-state index contributed by atoms with van der Waals surface area (Å²) in [5, 5.41) is 2.82. The summed E-state index contributed by atoms with van der Waals surface area (Å²) in [4.78, 5) is 28.4. The first-order chi connectivity index (χ1) is 10.9. The van der Waals surface area contributed by atoms with E-state index >= 15 is 0 Å². The fraction of sp³-hybridized carbons (Fsp3) is 0.529. The normalized spacial score (nSPS) is 19.3. The summed E-state index contributed by atoms with van der Waals surface area (Å²) in [7, 11) is 3.92. The lowest BCUT2D eigenvalue weighted by Crippen LogP contribution is -2.47. The molecule has 5 nitrogen and oxygen atoms in total. The quantitative estimate of drug-likeness (QED) is 0.859. The molecule has 23 heavy (non-hydrogen) atoms. The molecule has 0 unspecified atom stereocenters. The van der Waals surface area contributed by atoms with E-state index in [9.17, 15) is 9.59 Å². The van der Waals surface area contributed by atoms with Gasteiger partial charge in [0.25, 0.3) is 0 Å². The van der Waals surface area contributed by atoms with Crippen LogP contribution in [0.4, 0.5) is 0 Å². The van der Waals surface area contributed by atoms with Crippen LogP contribution in [-0.4, -0.2) is 60.6 Å². The van der Waals surface area contributed by atoms with Gasteiger partial charge in [-0.05, 0) is 33.5 Å². The van der Waals surface area contributed by atoms with Crippen LogP contribution in [-0.2, 0) is 9.59 Å². The van der Waals surface area contributed by atoms with Gasteiger partial charge in [0, 0.05) is 13.1 Å². The average Bonchev–Trinajstić information content (AvgIpc) is 2.87. The van der Waals surface area contributed by atoms with E-state index in [1.165, 1.54) is 0 Å². The molecule has 6 heteroatoms. The van der Waals surface area contributed by atoms with Crippen LogP contribution in [0.5, 0.6) is 0 Å². The molecule has 1 aromatic carbocycles. The average molecular weight is 335 g/mol. The van der Waals surface area contributed by atoms with Crippen molar-refractivity contribution < 1.29 is 9.59 Å². The third-order valence-electron chi connectivity index (χ3n) is 3.89. The number of aryl methyl sites for hydroxylation is 1. The Morgan fingerprint density at radius 3 is 2.87 bits per heavy atom. The Morgan fingerprint density at radius 2 is 2.22 bits per heavy atom. The van der Waals surface area contributed by atoms with Gasteiger partial charge >= 0.3 is 0 Å². The number of hydrogen-bond acceptors (Lipinski definition) is 4. The maximum absolute atomic E-state index is 12.4. The molecule has 0 spiro atoms. The largest absolute Gasteiger partial charge is 0.353 e. The SMILES string of the molecule is Cc1cccc([C@@H]2SCC(=O)N2[C@H](C)C(=O)NCCN(C)C)c1. The number of amides is 2. The minimum atomic E-state index is -0.467. The first kappa shape index (κ1) is 17.8. The molecule has 0 aliphatic carbocycles. The molecule has 1 aromatic rings. The first-order valence-electron chi connectivity index (χ1n) is 7.82. The molecule has 2 atom stereocenters. The van der Waals surface area contributed by atoms with Crippen LogP contribution >= 0.6 is 11.8 Å². The van der Waals surface area contributed by atoms with Gasteiger partial charge in [0.05, 0.1) is 5.75 Å². The van der Waals surface area contributed by atoms with Crippen molar-refractivity contribution in [3.8, 4) is 0 Å². The third kappa shape index (κ3) is 4.48. The molecule has 1 saturated heterocycles. The molecule has 2 rings (SSSR count). The maximum atomic E-state index is 12.4. The van der Waals surface area contributed by atoms with Crippen molar-refractivity contribution in [1.29, 1.82) is 0 Å². The summed E-state index contributed by atoms with van der Waals surface area (Å²) in [5.41, 5.74) is 2.24. The second-order valence-electron chi connectivity index (χ2n) is 6.15. The van der Waals surface area contributed by atoms with Crippen molar-refractivity contribution in [3.63, 3.8) is 0 Å². The Balaban J connectivity index is 2.08. The molecular weight excluding hydrogens is 310 g/mol. The molecule has 0 aromatic heterocycles. The van der Waals surface area contributed by atoms with Crippen LogP contribution < -0.4 is 5.32 Å². The fourth-order valence-corrected chi connectivity index (χ4v) is 3.86. The van der Waals surface area contributed by atoms with E-state index in [4.69, 9.17) is 0 Å². The van der Waals surface area contributed by atoms with Gasteiger partial charge in [-0.2, -0.15) is 0 Å². The van der Waals surface area contributed by atoms with E-state index in [1.54, 1.807) is 23.6 Å². The van der Waals surface area contributed by atoms with E-state index in [0.717, 1.165) is 17.7 Å². The van der Waals surface area contributed by atoms with E-state index in [2.05, 4.69) is 11.4 Å². The molecule has 0 bridgehead atoms. The van der Waals surface area contributed by atoms with E-state index in [1.807, 2.05) is 44.1 Å². The van der Waals surface area contributed by atoms with Crippen LogP contribution in [0.2, 0.25) is 0 Å². The number of carbonyl (C=O) groups is 2. The van der Waals surface area contributed by atoms with Crippen molar-refractivity contribution in [3.05, 3.63) is 35.4 Å². The maximum Gasteiger partial charge on any atom is 0.242 e. The van der Waals surface area contributed by atoms with Crippen molar-refractivity contribution in [2.45, 2.75) is 25.3 Å². The summed E-state index contributed by atoms with van der Waals surface area (Å²) >= 11 is 1.58. The van der Waals surface area contributed by atoms with Gasteiger partial charge in [-0.1, -0.05) is 29.8 Å². The molecule has 1 heterocycles. The number of rotatable bonds is 6. The van der Waals surface area contributed by atoms with Crippen molar-refractivity contribution >= 4 is 23.6 Å². The van der Waals surface area contributed by atoms with Crippen molar-refractivity contribution in [1.82, 2.24) is 15.1 Å². The topological polar surface area (TPSA) is 52.7 Å². The highest BCUT2D eigenvalue weighted by molar-refractivity contribution is 8.00. The number of benzene rings is 1. The van der Waals surface area contributed by atoms with E-state index < -0.39 is 6.04 Å². The Hall–Kier alpha value is -1.53. The van der Waals surface area contributed by atoms with Gasteiger partial charge in [0.2, 0.25) is 11.8 Å². The Morgan fingerprint density at radius 1 is 1.48 bits per heavy atom. The summed E-state index contributed by atoms with van der Waals surface area (Å²) < 4.78 is 0. The molecule has 126 valence electrons. The number of likely N-dealkylation sites (N-methyl/N-ethyl adjacent to an activating group) is 1. The summed E-state index contributed by atoms with van der Waals surface area (Å²) in [6.07, 6.45) is 0. The van der Waals surface area contributed by atoms with Crippen LogP contribution in [0.1, 0.15) is 23.4 Å². The Kier molecular flexibility index (Phi) is 6.07. The minimum absolute atomic E-state index is 0.0248. The number of nitrogens with one attached hydrogen (secondary N) is 1. The second kappa shape index (κ2) is 7.84. The second-order valence-corrected chi connectivity index (χ2v) is 7.22. The smallest absolute Gasteiger partial charge is 0.242 e. The van der Waals surface area contributed by atoms with Crippen molar-refractivity contribution in [2.24, 2.45) is 0 Å². The highest BCUT2D eigenvalue weighted by Crippen LogP contribution is 2.40. The van der Waals surface area contributed by atoms with Gasteiger partial charge in [-0.15, -0.1) is 11.8 Å². The third-order valence-corrected chi connectivity index (χ3v) is 5.12. The minimum Gasteiger partial charge on any atom is -0.353 e. The zero-order valence-electron chi connectivity index (χ0n) is 14.2. The van der Waals surface area contributed by atoms with Gasteiger partial charge in [-0.3, -0.25) is 9.59 Å². The van der Waals surface area contributed by atoms with Crippen LogP contribution in [0.15, 0.2) is 24.3 Å². The number of thioether (sulfide) groups is 1. The lowest BCUT2D eigenvalue weighted by molar-refractivity contribution is -0.137. The lowest BCUT2D eigenvalue weighted by atomic mass is 10.1. The number of nitrogens with zero attached hydrogens (tertiary/aromatic N) is 2. The van der Waals surface area contributed by atoms with Gasteiger partial charge in [-0.25, -0.2) is 0 Å². The molecule has 2 amide bonds. The van der Waals surface area contributed by atoms with E-state index in [0.29, 0.717) is 12.3 Å². The predicted octanol–water partition coefficient (Wildman–Crippen LogP) is 1.64. The van der Waals surface area contributed by atoms with E-state index in [-0.39, 0.29) is 17.2 Å². The highest BCUT2D eigenvalue weighted by atomic mass is 32.2. The summed E-state index contributed by atoms with van der Waals surface area (Å²) in [5.74, 6) is 0.352. The molecule has 0 radical (unpaired) electrons.